The van der Waals surface area contributed by atoms with Gasteiger partial charge in [0.25, 0.3) is 0 Å². The summed E-state index contributed by atoms with van der Waals surface area (Å²) < 4.78 is 30.8. The molecule has 0 unspecified atom stereocenters. The smallest absolute Gasteiger partial charge is 0.229 e. The molecule has 0 bridgehead atoms. The summed E-state index contributed by atoms with van der Waals surface area (Å²) >= 11 is 3.22. The van der Waals surface area contributed by atoms with Crippen LogP contribution < -0.4 is 9.46 Å². The predicted molar refractivity (Wildman–Crippen MR) is 64.1 cm³/mol. The predicted octanol–water partition coefficient (Wildman–Crippen LogP) is 1.76. The normalized spacial score (nSPS) is 15.9. The fourth-order valence-electron chi connectivity index (χ4n) is 1.15. The van der Waals surface area contributed by atoms with Crippen molar-refractivity contribution >= 4 is 31.6 Å². The lowest BCUT2D eigenvalue weighted by Gasteiger charge is -2.11. The monoisotopic (exact) mass is 306 g/mol. The van der Waals surface area contributed by atoms with Gasteiger partial charge in [-0.1, -0.05) is 0 Å². The van der Waals surface area contributed by atoms with Gasteiger partial charge in [-0.15, -0.1) is 0 Å². The van der Waals surface area contributed by atoms with Crippen LogP contribution in [0.5, 0.6) is 5.75 Å². The van der Waals surface area contributed by atoms with Crippen LogP contribution >= 0.6 is 15.9 Å². The summed E-state index contributed by atoms with van der Waals surface area (Å²) in [5.74, 6) is 0.509. The van der Waals surface area contributed by atoms with Gasteiger partial charge < -0.3 is 4.74 Å². The fraction of sp³-hybridized carbons (Fsp3) is 0.444. The highest BCUT2D eigenvalue weighted by atomic mass is 79.9. The van der Waals surface area contributed by atoms with Gasteiger partial charge in [0.1, 0.15) is 16.0 Å². The average Bonchev–Trinajstić information content (AvgIpc) is 2.91. The molecule has 16 heavy (non-hydrogen) atoms. The SMILES string of the molecule is CS(=O)(=O)Nc1cnc(Br)cc1OC1CC1. The van der Waals surface area contributed by atoms with E-state index in [9.17, 15) is 8.42 Å². The van der Waals surface area contributed by atoms with Crippen LogP contribution in [0.1, 0.15) is 12.8 Å². The minimum atomic E-state index is -3.31. The Morgan fingerprint density at radius 1 is 1.56 bits per heavy atom. The Morgan fingerprint density at radius 3 is 2.81 bits per heavy atom. The van der Waals surface area contributed by atoms with Gasteiger partial charge >= 0.3 is 0 Å². The number of nitrogens with one attached hydrogen (secondary N) is 1. The van der Waals surface area contributed by atoms with E-state index in [1.807, 2.05) is 0 Å². The number of ether oxygens (including phenoxy) is 1. The molecule has 7 heteroatoms. The van der Waals surface area contributed by atoms with Gasteiger partial charge in [-0.3, -0.25) is 4.72 Å². The summed E-state index contributed by atoms with van der Waals surface area (Å²) in [5.41, 5.74) is 0.373. The second-order valence-corrected chi connectivity index (χ2v) is 6.26. The van der Waals surface area contributed by atoms with Crippen molar-refractivity contribution in [2.24, 2.45) is 0 Å². The lowest BCUT2D eigenvalue weighted by molar-refractivity contribution is 0.304. The van der Waals surface area contributed by atoms with Crippen LogP contribution in [0.25, 0.3) is 0 Å². The first-order chi connectivity index (χ1) is 7.44. The van der Waals surface area contributed by atoms with Crippen LogP contribution in [0.2, 0.25) is 0 Å². The van der Waals surface area contributed by atoms with Crippen LogP contribution in [0, 0.1) is 0 Å². The third kappa shape index (κ3) is 3.34. The van der Waals surface area contributed by atoms with E-state index in [2.05, 4.69) is 25.6 Å². The summed E-state index contributed by atoms with van der Waals surface area (Å²) in [5, 5.41) is 0. The second kappa shape index (κ2) is 4.21. The minimum absolute atomic E-state index is 0.203. The first kappa shape index (κ1) is 11.7. The number of anilines is 1. The minimum Gasteiger partial charge on any atom is -0.488 e. The lowest BCUT2D eigenvalue weighted by Crippen LogP contribution is -2.11. The number of hydrogen-bond donors (Lipinski definition) is 1. The molecule has 1 aliphatic rings. The molecule has 1 aromatic rings. The Bertz CT molecular complexity index is 499. The van der Waals surface area contributed by atoms with Crippen molar-refractivity contribution in [2.75, 3.05) is 11.0 Å². The van der Waals surface area contributed by atoms with Gasteiger partial charge in [0.15, 0.2) is 0 Å². The lowest BCUT2D eigenvalue weighted by atomic mass is 10.4. The molecule has 1 N–H and O–H groups in total. The molecule has 5 nitrogen and oxygen atoms in total. The number of hydrogen-bond acceptors (Lipinski definition) is 4. The molecule has 88 valence electrons. The van der Waals surface area contributed by atoms with Crippen LogP contribution in [-0.4, -0.2) is 25.8 Å². The number of aromatic nitrogens is 1. The summed E-state index contributed by atoms with van der Waals surface area (Å²) in [7, 11) is -3.31. The van der Waals surface area contributed by atoms with E-state index in [0.29, 0.717) is 16.0 Å². The Balaban J connectivity index is 2.27. The zero-order valence-corrected chi connectivity index (χ0v) is 11.0. The molecule has 1 fully saturated rings. The average molecular weight is 307 g/mol. The van der Waals surface area contributed by atoms with E-state index in [4.69, 9.17) is 4.74 Å². The zero-order valence-electron chi connectivity index (χ0n) is 8.60. The topological polar surface area (TPSA) is 68.3 Å². The highest BCUT2D eigenvalue weighted by Crippen LogP contribution is 2.33. The molecule has 1 aliphatic carbocycles. The van der Waals surface area contributed by atoms with Crippen molar-refractivity contribution in [3.63, 3.8) is 0 Å². The van der Waals surface area contributed by atoms with Crippen LogP contribution in [0.15, 0.2) is 16.9 Å². The molecule has 0 spiro atoms. The standard InChI is InChI=1S/C9H11BrN2O3S/c1-16(13,14)12-7-5-11-9(10)4-8(7)15-6-2-3-6/h4-6,12H,2-3H2,1H3. The van der Waals surface area contributed by atoms with E-state index in [1.165, 1.54) is 6.20 Å². The van der Waals surface area contributed by atoms with Gasteiger partial charge in [-0.05, 0) is 28.8 Å². The van der Waals surface area contributed by atoms with Crippen LogP contribution in [0.3, 0.4) is 0 Å². The number of halogens is 1. The summed E-state index contributed by atoms with van der Waals surface area (Å²) in [6.45, 7) is 0. The summed E-state index contributed by atoms with van der Waals surface area (Å²) in [6.07, 6.45) is 4.75. The molecule has 0 radical (unpaired) electrons. The number of rotatable bonds is 4. The molecule has 0 atom stereocenters. The summed E-state index contributed by atoms with van der Waals surface area (Å²) in [6, 6.07) is 1.66. The van der Waals surface area contributed by atoms with Gasteiger partial charge in [0.2, 0.25) is 10.0 Å². The first-order valence-corrected chi connectivity index (χ1v) is 7.42. The van der Waals surface area contributed by atoms with E-state index in [0.717, 1.165) is 19.1 Å². The summed E-state index contributed by atoms with van der Waals surface area (Å²) in [4.78, 5) is 3.96. The molecule has 1 heterocycles. The molecule has 1 aromatic heterocycles. The van der Waals surface area contributed by atoms with Crippen molar-refractivity contribution in [1.82, 2.24) is 4.98 Å². The number of pyridine rings is 1. The maximum atomic E-state index is 11.1. The quantitative estimate of drug-likeness (QED) is 0.861. The molecule has 0 aromatic carbocycles. The van der Waals surface area contributed by atoms with Gasteiger partial charge in [0, 0.05) is 6.07 Å². The van der Waals surface area contributed by atoms with E-state index >= 15 is 0 Å². The van der Waals surface area contributed by atoms with Crippen molar-refractivity contribution in [1.29, 1.82) is 0 Å². The highest BCUT2D eigenvalue weighted by Gasteiger charge is 2.25. The Labute approximate surface area is 102 Å². The van der Waals surface area contributed by atoms with Crippen molar-refractivity contribution < 1.29 is 13.2 Å². The fourth-order valence-corrected chi connectivity index (χ4v) is 2.02. The maximum absolute atomic E-state index is 11.1. The zero-order chi connectivity index (χ0) is 11.8. The van der Waals surface area contributed by atoms with E-state index < -0.39 is 10.0 Å². The van der Waals surface area contributed by atoms with Crippen molar-refractivity contribution in [3.8, 4) is 5.75 Å². The van der Waals surface area contributed by atoms with Crippen LogP contribution in [-0.2, 0) is 10.0 Å². The maximum Gasteiger partial charge on any atom is 0.229 e. The Morgan fingerprint density at radius 2 is 2.25 bits per heavy atom. The molecule has 2 rings (SSSR count). The molecule has 0 amide bonds. The largest absolute Gasteiger partial charge is 0.488 e. The second-order valence-electron chi connectivity index (χ2n) is 3.69. The Hall–Kier alpha value is -0.820. The molecule has 1 saturated carbocycles. The van der Waals surface area contributed by atoms with Gasteiger partial charge in [-0.25, -0.2) is 13.4 Å². The first-order valence-electron chi connectivity index (χ1n) is 4.74. The third-order valence-electron chi connectivity index (χ3n) is 1.95. The van der Waals surface area contributed by atoms with Crippen molar-refractivity contribution in [3.05, 3.63) is 16.9 Å². The molecular weight excluding hydrogens is 296 g/mol. The number of nitrogens with zero attached hydrogens (tertiary/aromatic N) is 1. The van der Waals surface area contributed by atoms with Gasteiger partial charge in [0.05, 0.1) is 18.6 Å². The molecule has 0 saturated heterocycles. The Kier molecular flexibility index (Phi) is 3.07. The molecular formula is C9H11BrN2O3S. The van der Waals surface area contributed by atoms with Crippen molar-refractivity contribution in [2.45, 2.75) is 18.9 Å². The van der Waals surface area contributed by atoms with Gasteiger partial charge in [-0.2, -0.15) is 0 Å². The highest BCUT2D eigenvalue weighted by molar-refractivity contribution is 9.10. The van der Waals surface area contributed by atoms with E-state index in [-0.39, 0.29) is 6.10 Å². The molecule has 0 aliphatic heterocycles. The van der Waals surface area contributed by atoms with Crippen LogP contribution in [0.4, 0.5) is 5.69 Å². The number of sulfonamides is 1. The van der Waals surface area contributed by atoms with E-state index in [1.54, 1.807) is 6.07 Å². The third-order valence-corrected chi connectivity index (χ3v) is 2.97.